The van der Waals surface area contributed by atoms with E-state index in [0.717, 1.165) is 51.1 Å². The summed E-state index contributed by atoms with van der Waals surface area (Å²) in [5.41, 5.74) is 1.17. The standard InChI is InChI=1S/C22H32O4/c1-14-5-6-19-18(13-24)20(8-10-21(14,19)3)22(4)9-7-17(26-15(2)25)11-16(22)12-23/h12-13,16-20H,1,5-11H2,2-4H3/t16-,17+,18+,19?,20+,21-,22+/m1/s1. The van der Waals surface area contributed by atoms with E-state index in [1.54, 1.807) is 0 Å². The molecule has 3 saturated carbocycles. The first kappa shape index (κ1) is 19.3. The zero-order valence-electron chi connectivity index (χ0n) is 16.3. The van der Waals surface area contributed by atoms with Crippen molar-refractivity contribution in [1.82, 2.24) is 0 Å². The van der Waals surface area contributed by atoms with Gasteiger partial charge in [-0.2, -0.15) is 0 Å². The van der Waals surface area contributed by atoms with Crippen LogP contribution >= 0.6 is 0 Å². The van der Waals surface area contributed by atoms with Crippen molar-refractivity contribution in [1.29, 1.82) is 0 Å². The Kier molecular flexibility index (Phi) is 5.15. The van der Waals surface area contributed by atoms with Crippen LogP contribution in [0.3, 0.4) is 0 Å². The molecule has 0 heterocycles. The van der Waals surface area contributed by atoms with E-state index in [2.05, 4.69) is 20.4 Å². The topological polar surface area (TPSA) is 60.4 Å². The van der Waals surface area contributed by atoms with Gasteiger partial charge in [-0.25, -0.2) is 0 Å². The Morgan fingerprint density at radius 2 is 1.85 bits per heavy atom. The van der Waals surface area contributed by atoms with Crippen molar-refractivity contribution in [3.63, 3.8) is 0 Å². The summed E-state index contributed by atoms with van der Waals surface area (Å²) in [5.74, 6) is 0.110. The Morgan fingerprint density at radius 1 is 1.12 bits per heavy atom. The molecule has 0 spiro atoms. The molecule has 0 aromatic heterocycles. The molecule has 3 aliphatic rings. The van der Waals surface area contributed by atoms with E-state index in [9.17, 15) is 14.4 Å². The van der Waals surface area contributed by atoms with Gasteiger partial charge < -0.3 is 14.3 Å². The van der Waals surface area contributed by atoms with Crippen LogP contribution in [0.4, 0.5) is 0 Å². The van der Waals surface area contributed by atoms with E-state index >= 15 is 0 Å². The molecule has 3 rings (SSSR count). The van der Waals surface area contributed by atoms with Gasteiger partial charge in [-0.05, 0) is 67.6 Å². The molecule has 1 unspecified atom stereocenters. The van der Waals surface area contributed by atoms with Crippen LogP contribution in [0.1, 0.15) is 65.7 Å². The summed E-state index contributed by atoms with van der Waals surface area (Å²) in [4.78, 5) is 35.4. The minimum Gasteiger partial charge on any atom is -0.463 e. The summed E-state index contributed by atoms with van der Waals surface area (Å²) < 4.78 is 5.38. The van der Waals surface area contributed by atoms with Crippen LogP contribution in [-0.2, 0) is 19.1 Å². The molecule has 0 amide bonds. The Bertz CT molecular complexity index is 611. The number of aldehydes is 2. The van der Waals surface area contributed by atoms with E-state index in [-0.39, 0.29) is 40.7 Å². The van der Waals surface area contributed by atoms with Gasteiger partial charge in [0.05, 0.1) is 0 Å². The van der Waals surface area contributed by atoms with Gasteiger partial charge in [-0.15, -0.1) is 0 Å². The molecule has 0 radical (unpaired) electrons. The minimum absolute atomic E-state index is 0.00859. The zero-order valence-corrected chi connectivity index (χ0v) is 16.3. The number of esters is 1. The highest BCUT2D eigenvalue weighted by molar-refractivity contribution is 5.66. The van der Waals surface area contributed by atoms with Gasteiger partial charge in [0.15, 0.2) is 0 Å². The summed E-state index contributed by atoms with van der Waals surface area (Å²) in [6.45, 7) is 10.2. The molecule has 144 valence electrons. The van der Waals surface area contributed by atoms with Gasteiger partial charge >= 0.3 is 5.97 Å². The Labute approximate surface area is 156 Å². The lowest BCUT2D eigenvalue weighted by Crippen LogP contribution is -2.51. The van der Waals surface area contributed by atoms with Crippen molar-refractivity contribution in [2.75, 3.05) is 0 Å². The molecular weight excluding hydrogens is 328 g/mol. The maximum absolute atomic E-state index is 12.2. The van der Waals surface area contributed by atoms with E-state index < -0.39 is 0 Å². The van der Waals surface area contributed by atoms with Crippen LogP contribution in [0, 0.1) is 34.5 Å². The monoisotopic (exact) mass is 360 g/mol. The average Bonchev–Trinajstić information content (AvgIpc) is 2.90. The van der Waals surface area contributed by atoms with Crippen molar-refractivity contribution >= 4 is 18.5 Å². The highest BCUT2D eigenvalue weighted by Crippen LogP contribution is 2.62. The van der Waals surface area contributed by atoms with Gasteiger partial charge in [0, 0.05) is 18.8 Å². The molecule has 26 heavy (non-hydrogen) atoms. The summed E-state index contributed by atoms with van der Waals surface area (Å²) in [6.07, 6.45) is 8.28. The smallest absolute Gasteiger partial charge is 0.302 e. The number of hydrogen-bond donors (Lipinski definition) is 0. The van der Waals surface area contributed by atoms with Gasteiger partial charge in [-0.1, -0.05) is 26.0 Å². The second-order valence-electron chi connectivity index (χ2n) is 9.28. The number of hydrogen-bond acceptors (Lipinski definition) is 4. The fourth-order valence-electron chi connectivity index (χ4n) is 6.40. The van der Waals surface area contributed by atoms with Crippen molar-refractivity contribution in [2.24, 2.45) is 34.5 Å². The van der Waals surface area contributed by atoms with Crippen molar-refractivity contribution in [3.05, 3.63) is 12.2 Å². The Morgan fingerprint density at radius 3 is 2.46 bits per heavy atom. The maximum atomic E-state index is 12.2. The van der Waals surface area contributed by atoms with Crippen LogP contribution in [0.5, 0.6) is 0 Å². The number of fused-ring (bicyclic) bond motifs is 1. The molecule has 0 bridgehead atoms. The predicted molar refractivity (Wildman–Crippen MR) is 99.3 cm³/mol. The number of carbonyl (C=O) groups excluding carboxylic acids is 3. The molecular formula is C22H32O4. The SMILES string of the molecule is C=C1CCC2[C@H](C=O)[C@@H]([C@@]3(C)CC[C@H](OC(C)=O)C[C@@H]3C=O)CC[C@]12C. The van der Waals surface area contributed by atoms with Gasteiger partial charge in [0.25, 0.3) is 0 Å². The second kappa shape index (κ2) is 6.94. The third kappa shape index (κ3) is 2.95. The van der Waals surface area contributed by atoms with Gasteiger partial charge in [0.1, 0.15) is 18.7 Å². The van der Waals surface area contributed by atoms with Gasteiger partial charge in [0.2, 0.25) is 0 Å². The van der Waals surface area contributed by atoms with Crippen molar-refractivity contribution in [2.45, 2.75) is 71.8 Å². The highest BCUT2D eigenvalue weighted by Gasteiger charge is 2.57. The third-order valence-corrected chi connectivity index (χ3v) is 8.16. The summed E-state index contributed by atoms with van der Waals surface area (Å²) in [7, 11) is 0. The number of carbonyl (C=O) groups is 3. The van der Waals surface area contributed by atoms with E-state index in [1.807, 2.05) is 0 Å². The molecule has 4 nitrogen and oxygen atoms in total. The first-order valence-corrected chi connectivity index (χ1v) is 10.0. The van der Waals surface area contributed by atoms with Crippen LogP contribution in [0.2, 0.25) is 0 Å². The number of rotatable bonds is 4. The lowest BCUT2D eigenvalue weighted by atomic mass is 9.49. The first-order chi connectivity index (χ1) is 12.3. The molecule has 0 aromatic rings. The molecule has 0 saturated heterocycles. The molecule has 0 N–H and O–H groups in total. The molecule has 0 aromatic carbocycles. The fraction of sp³-hybridized carbons (Fsp3) is 0.773. The van der Waals surface area contributed by atoms with Crippen LogP contribution in [0.25, 0.3) is 0 Å². The normalized spacial score (nSPS) is 45.7. The maximum Gasteiger partial charge on any atom is 0.302 e. The van der Waals surface area contributed by atoms with Crippen LogP contribution < -0.4 is 0 Å². The second-order valence-corrected chi connectivity index (χ2v) is 9.28. The number of allylic oxidation sites excluding steroid dienone is 1. The quantitative estimate of drug-likeness (QED) is 0.430. The molecule has 4 heteroatoms. The van der Waals surface area contributed by atoms with E-state index in [4.69, 9.17) is 4.74 Å². The molecule has 3 fully saturated rings. The van der Waals surface area contributed by atoms with Gasteiger partial charge in [-0.3, -0.25) is 4.79 Å². The third-order valence-electron chi connectivity index (χ3n) is 8.16. The lowest BCUT2D eigenvalue weighted by Gasteiger charge is -2.54. The van der Waals surface area contributed by atoms with E-state index in [0.29, 0.717) is 12.3 Å². The average molecular weight is 360 g/mol. The lowest BCUT2D eigenvalue weighted by molar-refractivity contribution is -0.156. The zero-order chi connectivity index (χ0) is 19.1. The highest BCUT2D eigenvalue weighted by atomic mass is 16.5. The van der Waals surface area contributed by atoms with Crippen molar-refractivity contribution < 1.29 is 19.1 Å². The van der Waals surface area contributed by atoms with Crippen LogP contribution in [-0.4, -0.2) is 24.6 Å². The van der Waals surface area contributed by atoms with Crippen molar-refractivity contribution in [3.8, 4) is 0 Å². The van der Waals surface area contributed by atoms with E-state index in [1.165, 1.54) is 12.5 Å². The summed E-state index contributed by atoms with van der Waals surface area (Å²) >= 11 is 0. The first-order valence-electron chi connectivity index (χ1n) is 10.0. The number of ether oxygens (including phenoxy) is 1. The van der Waals surface area contributed by atoms with Crippen LogP contribution in [0.15, 0.2) is 12.2 Å². The summed E-state index contributed by atoms with van der Waals surface area (Å²) in [5, 5.41) is 0. The predicted octanol–water partition coefficient (Wildman–Crippen LogP) is 4.12. The molecule has 3 aliphatic carbocycles. The fourth-order valence-corrected chi connectivity index (χ4v) is 6.40. The molecule has 7 atom stereocenters. The Hall–Kier alpha value is -1.45. The largest absolute Gasteiger partial charge is 0.463 e. The Balaban J connectivity index is 1.85. The molecule has 0 aliphatic heterocycles. The minimum atomic E-state index is -0.285. The summed E-state index contributed by atoms with van der Waals surface area (Å²) in [6, 6.07) is 0.